The van der Waals surface area contributed by atoms with Gasteiger partial charge in [0.15, 0.2) is 11.2 Å². The summed E-state index contributed by atoms with van der Waals surface area (Å²) in [5.74, 6) is 2.18. The fourth-order valence-electron chi connectivity index (χ4n) is 4.12. The SMILES string of the molecule is C=C(C)Cn1c(=O)c2c(nc3n2CC(C)CN3c2cc(OC)ccc2OC)n(C)c1=O. The Bertz CT molecular complexity index is 1300. The van der Waals surface area contributed by atoms with Crippen molar-refractivity contribution < 1.29 is 9.47 Å². The van der Waals surface area contributed by atoms with Crippen molar-refractivity contribution in [2.75, 3.05) is 25.7 Å². The summed E-state index contributed by atoms with van der Waals surface area (Å²) in [5, 5.41) is 0. The third kappa shape index (κ3) is 3.30. The number of benzene rings is 1. The molecule has 164 valence electrons. The van der Waals surface area contributed by atoms with Crippen molar-refractivity contribution >= 4 is 22.8 Å². The van der Waals surface area contributed by atoms with E-state index in [2.05, 4.69) is 13.5 Å². The minimum Gasteiger partial charge on any atom is -0.497 e. The number of ether oxygens (including phenoxy) is 2. The van der Waals surface area contributed by atoms with E-state index in [1.165, 1.54) is 9.13 Å². The molecule has 0 radical (unpaired) electrons. The summed E-state index contributed by atoms with van der Waals surface area (Å²) >= 11 is 0. The number of imidazole rings is 1. The Morgan fingerprint density at radius 2 is 1.97 bits per heavy atom. The highest BCUT2D eigenvalue weighted by Gasteiger charge is 2.31. The Labute approximate surface area is 179 Å². The van der Waals surface area contributed by atoms with E-state index in [-0.39, 0.29) is 18.0 Å². The molecule has 0 saturated carbocycles. The second-order valence-electron chi connectivity index (χ2n) is 8.14. The smallest absolute Gasteiger partial charge is 0.332 e. The van der Waals surface area contributed by atoms with Crippen molar-refractivity contribution in [3.63, 3.8) is 0 Å². The van der Waals surface area contributed by atoms with Gasteiger partial charge in [-0.3, -0.25) is 13.9 Å². The molecule has 1 aliphatic rings. The van der Waals surface area contributed by atoms with Crippen molar-refractivity contribution in [2.45, 2.75) is 26.9 Å². The molecule has 1 unspecified atom stereocenters. The van der Waals surface area contributed by atoms with Crippen LogP contribution in [-0.2, 0) is 20.1 Å². The molecule has 0 fully saturated rings. The first-order chi connectivity index (χ1) is 14.8. The lowest BCUT2D eigenvalue weighted by Crippen LogP contribution is -2.40. The average Bonchev–Trinajstić information content (AvgIpc) is 3.13. The minimum atomic E-state index is -0.408. The van der Waals surface area contributed by atoms with Gasteiger partial charge in [0.25, 0.3) is 5.56 Å². The van der Waals surface area contributed by atoms with Gasteiger partial charge < -0.3 is 18.9 Å². The molecular weight excluding hydrogens is 398 g/mol. The predicted molar refractivity (Wildman–Crippen MR) is 120 cm³/mol. The topological polar surface area (TPSA) is 83.5 Å². The van der Waals surface area contributed by atoms with Gasteiger partial charge in [-0.2, -0.15) is 4.98 Å². The largest absolute Gasteiger partial charge is 0.497 e. The molecule has 9 nitrogen and oxygen atoms in total. The lowest BCUT2D eigenvalue weighted by Gasteiger charge is -2.33. The van der Waals surface area contributed by atoms with E-state index in [1.54, 1.807) is 28.2 Å². The highest BCUT2D eigenvalue weighted by atomic mass is 16.5. The molecule has 0 spiro atoms. The predicted octanol–water partition coefficient (Wildman–Crippen LogP) is 2.28. The minimum absolute atomic E-state index is 0.172. The van der Waals surface area contributed by atoms with Crippen LogP contribution >= 0.6 is 0 Å². The number of anilines is 2. The van der Waals surface area contributed by atoms with Crippen LogP contribution in [0.25, 0.3) is 11.2 Å². The van der Waals surface area contributed by atoms with Gasteiger partial charge in [-0.25, -0.2) is 4.79 Å². The quantitative estimate of drug-likeness (QED) is 0.583. The first-order valence-corrected chi connectivity index (χ1v) is 10.1. The summed E-state index contributed by atoms with van der Waals surface area (Å²) in [5.41, 5.74) is 1.53. The number of fused-ring (bicyclic) bond motifs is 3. The summed E-state index contributed by atoms with van der Waals surface area (Å²) in [4.78, 5) is 32.9. The Kier molecular flexibility index (Phi) is 5.12. The molecule has 9 heteroatoms. The third-order valence-corrected chi connectivity index (χ3v) is 5.55. The first kappa shape index (κ1) is 20.8. The molecule has 0 aliphatic carbocycles. The summed E-state index contributed by atoms with van der Waals surface area (Å²) < 4.78 is 15.5. The highest BCUT2D eigenvalue weighted by Crippen LogP contribution is 2.39. The lowest BCUT2D eigenvalue weighted by atomic mass is 10.1. The van der Waals surface area contributed by atoms with Gasteiger partial charge in [-0.1, -0.05) is 19.1 Å². The first-order valence-electron chi connectivity index (χ1n) is 10.1. The summed E-state index contributed by atoms with van der Waals surface area (Å²) in [7, 11) is 4.86. The molecule has 4 rings (SSSR count). The van der Waals surface area contributed by atoms with Crippen molar-refractivity contribution in [1.82, 2.24) is 18.7 Å². The number of rotatable bonds is 5. The van der Waals surface area contributed by atoms with Crippen LogP contribution < -0.4 is 25.6 Å². The molecule has 1 atom stereocenters. The summed E-state index contributed by atoms with van der Waals surface area (Å²) in [6.45, 7) is 9.23. The van der Waals surface area contributed by atoms with Crippen LogP contribution in [0.5, 0.6) is 11.5 Å². The van der Waals surface area contributed by atoms with Gasteiger partial charge >= 0.3 is 5.69 Å². The zero-order valence-corrected chi connectivity index (χ0v) is 18.5. The molecule has 31 heavy (non-hydrogen) atoms. The monoisotopic (exact) mass is 425 g/mol. The average molecular weight is 425 g/mol. The van der Waals surface area contributed by atoms with Crippen LogP contribution in [0.2, 0.25) is 0 Å². The second-order valence-corrected chi connectivity index (χ2v) is 8.14. The molecule has 2 aromatic heterocycles. The zero-order valence-electron chi connectivity index (χ0n) is 18.5. The standard InChI is InChI=1S/C22H27N5O4/c1-13(2)10-27-20(28)18-19(24(4)22(27)29)23-21-25(11-14(3)12-26(18)21)16-9-15(30-5)7-8-17(16)31-6/h7-9,14H,1,10-12H2,2-6H3. The molecule has 3 aromatic rings. The third-order valence-electron chi connectivity index (χ3n) is 5.55. The molecule has 1 aromatic carbocycles. The fraction of sp³-hybridized carbons (Fsp3) is 0.409. The van der Waals surface area contributed by atoms with Crippen molar-refractivity contribution in [3.05, 3.63) is 51.2 Å². The van der Waals surface area contributed by atoms with Gasteiger partial charge in [0.1, 0.15) is 11.5 Å². The van der Waals surface area contributed by atoms with E-state index in [4.69, 9.17) is 14.5 Å². The molecule has 1 aliphatic heterocycles. The fourth-order valence-corrected chi connectivity index (χ4v) is 4.12. The van der Waals surface area contributed by atoms with E-state index in [0.717, 1.165) is 11.3 Å². The van der Waals surface area contributed by atoms with Crippen molar-refractivity contribution in [3.8, 4) is 11.5 Å². The Balaban J connectivity index is 2.02. The molecular formula is C22H27N5O4. The number of hydrogen-bond acceptors (Lipinski definition) is 6. The van der Waals surface area contributed by atoms with Crippen LogP contribution in [0, 0.1) is 5.92 Å². The van der Waals surface area contributed by atoms with E-state index < -0.39 is 5.69 Å². The summed E-state index contributed by atoms with van der Waals surface area (Å²) in [6, 6.07) is 5.56. The van der Waals surface area contributed by atoms with Crippen LogP contribution in [0.1, 0.15) is 13.8 Å². The van der Waals surface area contributed by atoms with Gasteiger partial charge in [-0.15, -0.1) is 0 Å². The van der Waals surface area contributed by atoms with Gasteiger partial charge in [0.2, 0.25) is 5.95 Å². The Morgan fingerprint density at radius 3 is 2.61 bits per heavy atom. The maximum Gasteiger partial charge on any atom is 0.332 e. The van der Waals surface area contributed by atoms with Crippen LogP contribution in [0.4, 0.5) is 11.6 Å². The van der Waals surface area contributed by atoms with Gasteiger partial charge in [-0.05, 0) is 25.0 Å². The highest BCUT2D eigenvalue weighted by molar-refractivity contribution is 5.78. The number of aryl methyl sites for hydroxylation is 1. The molecule has 0 amide bonds. The van der Waals surface area contributed by atoms with Crippen LogP contribution in [-0.4, -0.2) is 39.4 Å². The number of allylic oxidation sites excluding steroid dienone is 1. The Morgan fingerprint density at radius 1 is 1.23 bits per heavy atom. The number of methoxy groups -OCH3 is 2. The van der Waals surface area contributed by atoms with Crippen LogP contribution in [0.3, 0.4) is 0 Å². The van der Waals surface area contributed by atoms with E-state index in [0.29, 0.717) is 41.7 Å². The maximum absolute atomic E-state index is 13.3. The van der Waals surface area contributed by atoms with Gasteiger partial charge in [0.05, 0.1) is 26.5 Å². The van der Waals surface area contributed by atoms with Gasteiger partial charge in [0, 0.05) is 26.2 Å². The van der Waals surface area contributed by atoms with Crippen molar-refractivity contribution in [1.29, 1.82) is 0 Å². The number of aromatic nitrogens is 4. The normalized spacial score (nSPS) is 15.8. The van der Waals surface area contributed by atoms with Crippen molar-refractivity contribution in [2.24, 2.45) is 13.0 Å². The maximum atomic E-state index is 13.3. The summed E-state index contributed by atoms with van der Waals surface area (Å²) in [6.07, 6.45) is 0. The molecule has 0 bridgehead atoms. The van der Waals surface area contributed by atoms with E-state index in [9.17, 15) is 9.59 Å². The lowest BCUT2D eigenvalue weighted by molar-refractivity contribution is 0.399. The number of hydrogen-bond donors (Lipinski definition) is 0. The van der Waals surface area contributed by atoms with E-state index in [1.807, 2.05) is 27.7 Å². The molecule has 3 heterocycles. The second kappa shape index (κ2) is 7.64. The Hall–Kier alpha value is -3.49. The zero-order chi connectivity index (χ0) is 22.4. The number of nitrogens with zero attached hydrogens (tertiary/aromatic N) is 5. The molecule has 0 N–H and O–H groups in total. The van der Waals surface area contributed by atoms with E-state index >= 15 is 0 Å². The molecule has 0 saturated heterocycles. The van der Waals surface area contributed by atoms with Crippen LogP contribution in [0.15, 0.2) is 39.9 Å².